The molecule has 0 spiro atoms. The van der Waals surface area contributed by atoms with Gasteiger partial charge in [0.15, 0.2) is 6.10 Å². The van der Waals surface area contributed by atoms with E-state index in [9.17, 15) is 18.0 Å². The molecular formula is C9H10O9S. The van der Waals surface area contributed by atoms with E-state index >= 15 is 0 Å². The van der Waals surface area contributed by atoms with Crippen molar-refractivity contribution in [3.63, 3.8) is 0 Å². The molecule has 3 aliphatic heterocycles. The second kappa shape index (κ2) is 4.23. The summed E-state index contributed by atoms with van der Waals surface area (Å²) < 4.78 is 46.9. The molecule has 0 saturated carbocycles. The maximum Gasteiger partial charge on any atom is 0.508 e. The molecular weight excluding hydrogens is 284 g/mol. The van der Waals surface area contributed by atoms with Crippen LogP contribution in [0, 0.1) is 5.92 Å². The lowest BCUT2D eigenvalue weighted by molar-refractivity contribution is 0.00273. The quantitative estimate of drug-likeness (QED) is 0.486. The SMILES string of the molecule is O=C1OCC(C2CS(=O)(=O)OC2C2COC(=O)O2)O1. The molecule has 4 atom stereocenters. The van der Waals surface area contributed by atoms with Crippen molar-refractivity contribution < 1.29 is 41.1 Å². The summed E-state index contributed by atoms with van der Waals surface area (Å²) in [6, 6.07) is 0. The largest absolute Gasteiger partial charge is 0.508 e. The van der Waals surface area contributed by atoms with Gasteiger partial charge in [-0.05, 0) is 0 Å². The highest BCUT2D eigenvalue weighted by Gasteiger charge is 2.53. The maximum absolute atomic E-state index is 11.5. The summed E-state index contributed by atoms with van der Waals surface area (Å²) in [5.41, 5.74) is 0. The summed E-state index contributed by atoms with van der Waals surface area (Å²) in [5.74, 6) is -0.983. The molecule has 3 aliphatic rings. The van der Waals surface area contributed by atoms with Gasteiger partial charge in [0.2, 0.25) is 0 Å². The molecule has 0 N–H and O–H groups in total. The normalized spacial score (nSPS) is 40.4. The minimum absolute atomic E-state index is 0.0552. The first-order chi connectivity index (χ1) is 8.94. The molecule has 19 heavy (non-hydrogen) atoms. The highest BCUT2D eigenvalue weighted by atomic mass is 32.2. The highest BCUT2D eigenvalue weighted by molar-refractivity contribution is 7.86. The predicted molar refractivity (Wildman–Crippen MR) is 54.6 cm³/mol. The van der Waals surface area contributed by atoms with Crippen LogP contribution in [0.1, 0.15) is 0 Å². The van der Waals surface area contributed by atoms with E-state index in [1.807, 2.05) is 0 Å². The summed E-state index contributed by atoms with van der Waals surface area (Å²) in [6.07, 6.45) is -4.25. The second-order valence-electron chi connectivity index (χ2n) is 4.38. The van der Waals surface area contributed by atoms with Gasteiger partial charge < -0.3 is 18.9 Å². The van der Waals surface area contributed by atoms with Crippen molar-refractivity contribution >= 4 is 22.4 Å². The molecule has 3 heterocycles. The Balaban J connectivity index is 1.79. The zero-order valence-corrected chi connectivity index (χ0v) is 10.3. The van der Waals surface area contributed by atoms with E-state index < -0.39 is 46.7 Å². The molecule has 0 amide bonds. The first-order valence-corrected chi connectivity index (χ1v) is 7.10. The Hall–Kier alpha value is -1.55. The van der Waals surface area contributed by atoms with Crippen LogP contribution in [0.25, 0.3) is 0 Å². The van der Waals surface area contributed by atoms with Gasteiger partial charge in [0, 0.05) is 5.92 Å². The number of carbonyl (C=O) groups is 2. The molecule has 4 unspecified atom stereocenters. The fourth-order valence-corrected chi connectivity index (χ4v) is 3.88. The zero-order valence-electron chi connectivity index (χ0n) is 9.51. The van der Waals surface area contributed by atoms with E-state index in [0.717, 1.165) is 0 Å². The van der Waals surface area contributed by atoms with Crippen LogP contribution in [0.5, 0.6) is 0 Å². The molecule has 0 aromatic rings. The van der Waals surface area contributed by atoms with Crippen LogP contribution in [0.2, 0.25) is 0 Å². The topological polar surface area (TPSA) is 114 Å². The lowest BCUT2D eigenvalue weighted by Gasteiger charge is -2.22. The van der Waals surface area contributed by atoms with Crippen LogP contribution in [0.15, 0.2) is 0 Å². The monoisotopic (exact) mass is 294 g/mol. The van der Waals surface area contributed by atoms with E-state index in [1.54, 1.807) is 0 Å². The first-order valence-electron chi connectivity index (χ1n) is 5.52. The van der Waals surface area contributed by atoms with E-state index in [-0.39, 0.29) is 19.0 Å². The molecule has 0 aromatic carbocycles. The summed E-state index contributed by atoms with van der Waals surface area (Å²) >= 11 is 0. The van der Waals surface area contributed by atoms with Crippen LogP contribution in [-0.4, -0.2) is 58.0 Å². The lowest BCUT2D eigenvalue weighted by Crippen LogP contribution is -2.40. The van der Waals surface area contributed by atoms with Gasteiger partial charge >= 0.3 is 12.3 Å². The van der Waals surface area contributed by atoms with Crippen LogP contribution in [0.3, 0.4) is 0 Å². The molecule has 0 aromatic heterocycles. The fourth-order valence-electron chi connectivity index (χ4n) is 2.32. The standard InChI is InChI=1S/C9H10O9S/c10-8-14-1-5(16-8)4-3-19(12,13)18-7(4)6-2-15-9(11)17-6/h4-7H,1-3H2. The third-order valence-electron chi connectivity index (χ3n) is 3.15. The minimum atomic E-state index is -3.75. The molecule has 0 bridgehead atoms. The number of hydrogen-bond acceptors (Lipinski definition) is 9. The molecule has 3 saturated heterocycles. The van der Waals surface area contributed by atoms with Crippen molar-refractivity contribution in [1.29, 1.82) is 0 Å². The molecule has 106 valence electrons. The number of rotatable bonds is 2. The Labute approximate surface area is 107 Å². The van der Waals surface area contributed by atoms with Gasteiger partial charge in [-0.15, -0.1) is 0 Å². The molecule has 10 heteroatoms. The Kier molecular flexibility index (Phi) is 2.78. The summed E-state index contributed by atoms with van der Waals surface area (Å²) in [7, 11) is -3.75. The van der Waals surface area contributed by atoms with Crippen molar-refractivity contribution in [1.82, 2.24) is 0 Å². The summed E-state index contributed by atoms with van der Waals surface area (Å²) in [4.78, 5) is 21.8. The molecule has 3 rings (SSSR count). The lowest BCUT2D eigenvalue weighted by atomic mass is 9.94. The van der Waals surface area contributed by atoms with Gasteiger partial charge in [-0.2, -0.15) is 8.42 Å². The number of carbonyl (C=O) groups excluding carboxylic acids is 2. The van der Waals surface area contributed by atoms with E-state index in [2.05, 4.69) is 9.47 Å². The van der Waals surface area contributed by atoms with E-state index in [4.69, 9.17) is 13.7 Å². The van der Waals surface area contributed by atoms with Gasteiger partial charge in [0.1, 0.15) is 25.4 Å². The third kappa shape index (κ3) is 2.32. The first kappa shape index (κ1) is 12.5. The maximum atomic E-state index is 11.5. The van der Waals surface area contributed by atoms with Crippen molar-refractivity contribution in [2.45, 2.75) is 18.3 Å². The Morgan fingerprint density at radius 1 is 0.947 bits per heavy atom. The minimum Gasteiger partial charge on any atom is -0.430 e. The molecule has 0 aliphatic carbocycles. The second-order valence-corrected chi connectivity index (χ2v) is 6.02. The zero-order chi connectivity index (χ0) is 13.6. The van der Waals surface area contributed by atoms with E-state index in [0.29, 0.717) is 0 Å². The van der Waals surface area contributed by atoms with E-state index in [1.165, 1.54) is 0 Å². The molecule has 9 nitrogen and oxygen atoms in total. The van der Waals surface area contributed by atoms with Crippen molar-refractivity contribution in [3.05, 3.63) is 0 Å². The molecule has 3 fully saturated rings. The van der Waals surface area contributed by atoms with Gasteiger partial charge in [-0.25, -0.2) is 9.59 Å². The average Bonchev–Trinajstić information content (AvgIpc) is 2.98. The summed E-state index contributed by atoms with van der Waals surface area (Å²) in [6.45, 7) is -0.155. The van der Waals surface area contributed by atoms with Crippen LogP contribution < -0.4 is 0 Å². The van der Waals surface area contributed by atoms with Crippen molar-refractivity contribution in [3.8, 4) is 0 Å². The Morgan fingerprint density at radius 2 is 1.53 bits per heavy atom. The fraction of sp³-hybridized carbons (Fsp3) is 0.778. The number of cyclic esters (lactones) is 4. The van der Waals surface area contributed by atoms with Gasteiger partial charge in [0.25, 0.3) is 10.1 Å². The van der Waals surface area contributed by atoms with Crippen LogP contribution in [-0.2, 0) is 33.2 Å². The van der Waals surface area contributed by atoms with Crippen molar-refractivity contribution in [2.75, 3.05) is 19.0 Å². The highest BCUT2D eigenvalue weighted by Crippen LogP contribution is 2.34. The number of hydrogen-bond donors (Lipinski definition) is 0. The Bertz CT molecular complexity index is 472. The predicted octanol–water partition coefficient (Wildman–Crippen LogP) is -0.598. The van der Waals surface area contributed by atoms with Gasteiger partial charge in [-0.1, -0.05) is 0 Å². The number of ether oxygens (including phenoxy) is 4. The van der Waals surface area contributed by atoms with Crippen LogP contribution in [0.4, 0.5) is 9.59 Å². The van der Waals surface area contributed by atoms with Gasteiger partial charge in [0.05, 0.1) is 5.75 Å². The third-order valence-corrected chi connectivity index (χ3v) is 4.45. The van der Waals surface area contributed by atoms with Gasteiger partial charge in [-0.3, -0.25) is 4.18 Å². The smallest absolute Gasteiger partial charge is 0.430 e. The average molecular weight is 294 g/mol. The Morgan fingerprint density at radius 3 is 2.05 bits per heavy atom. The van der Waals surface area contributed by atoms with Crippen molar-refractivity contribution in [2.24, 2.45) is 5.92 Å². The summed E-state index contributed by atoms with van der Waals surface area (Å²) in [5, 5.41) is 0. The van der Waals surface area contributed by atoms with Crippen LogP contribution >= 0.6 is 0 Å². The molecule has 0 radical (unpaired) electrons.